The molecule has 0 aromatic heterocycles. The average Bonchev–Trinajstić information content (AvgIpc) is 2.19. The highest BCUT2D eigenvalue weighted by Crippen LogP contribution is 2.12. The summed E-state index contributed by atoms with van der Waals surface area (Å²) in [6.45, 7) is 1.70. The first-order valence-electron chi connectivity index (χ1n) is 4.75. The summed E-state index contributed by atoms with van der Waals surface area (Å²) in [4.78, 5) is 0. The van der Waals surface area contributed by atoms with Crippen LogP contribution in [0, 0.1) is 11.3 Å². The fraction of sp³-hybridized carbons (Fsp3) is 0.364. The van der Waals surface area contributed by atoms with E-state index in [2.05, 4.69) is 0 Å². The third-order valence-corrected chi connectivity index (χ3v) is 4.20. The van der Waals surface area contributed by atoms with Gasteiger partial charge in [0, 0.05) is 0 Å². The molecule has 0 radical (unpaired) electrons. The normalized spacial score (nSPS) is 13.1. The van der Waals surface area contributed by atoms with Gasteiger partial charge in [0.25, 0.3) is 0 Å². The van der Waals surface area contributed by atoms with Gasteiger partial charge in [-0.2, -0.15) is 5.26 Å². The van der Waals surface area contributed by atoms with E-state index < -0.39 is 15.1 Å². The lowest BCUT2D eigenvalue weighted by atomic mass is 10.2. The van der Waals surface area contributed by atoms with E-state index in [1.165, 1.54) is 0 Å². The van der Waals surface area contributed by atoms with E-state index in [9.17, 15) is 8.42 Å². The lowest BCUT2D eigenvalue weighted by Gasteiger charge is -2.07. The molecule has 1 unspecified atom stereocenters. The van der Waals surface area contributed by atoms with Crippen molar-refractivity contribution in [1.82, 2.24) is 0 Å². The molecule has 0 fully saturated rings. The molecule has 0 amide bonds. The number of nitrogens with zero attached hydrogens (tertiary/aromatic N) is 1. The number of nitriles is 1. The van der Waals surface area contributed by atoms with Crippen molar-refractivity contribution >= 4 is 9.84 Å². The van der Waals surface area contributed by atoms with E-state index in [0.717, 1.165) is 5.56 Å². The molecule has 1 aromatic carbocycles. The van der Waals surface area contributed by atoms with Gasteiger partial charge < -0.3 is 0 Å². The van der Waals surface area contributed by atoms with Gasteiger partial charge in [0.15, 0.2) is 9.84 Å². The Hall–Kier alpha value is -1.34. The second-order valence-electron chi connectivity index (χ2n) is 3.32. The van der Waals surface area contributed by atoms with Crippen molar-refractivity contribution < 1.29 is 8.42 Å². The molecule has 0 bridgehead atoms. The van der Waals surface area contributed by atoms with Crippen molar-refractivity contribution in [3.8, 4) is 6.07 Å². The summed E-state index contributed by atoms with van der Waals surface area (Å²) < 4.78 is 23.5. The average molecular weight is 223 g/mol. The number of benzene rings is 1. The van der Waals surface area contributed by atoms with E-state index in [4.69, 9.17) is 5.26 Å². The summed E-state index contributed by atoms with van der Waals surface area (Å²) in [5.74, 6) is -0.0556. The molecule has 0 aliphatic rings. The minimum atomic E-state index is -3.34. The molecule has 1 atom stereocenters. The standard InChI is InChI=1S/C11H13NO2S/c1-2-11(8-12)15(13,14)9-10-6-4-3-5-7-10/h3-7,11H,2,9H2,1H3. The number of rotatable bonds is 4. The van der Waals surface area contributed by atoms with E-state index in [1.54, 1.807) is 31.2 Å². The first kappa shape index (κ1) is 11.7. The summed E-state index contributed by atoms with van der Waals surface area (Å²) in [5, 5.41) is 7.82. The molecular weight excluding hydrogens is 210 g/mol. The summed E-state index contributed by atoms with van der Waals surface area (Å²) in [5.41, 5.74) is 0.728. The molecule has 4 heteroatoms. The van der Waals surface area contributed by atoms with Crippen LogP contribution in [0.3, 0.4) is 0 Å². The van der Waals surface area contributed by atoms with Crippen molar-refractivity contribution in [1.29, 1.82) is 5.26 Å². The Bertz CT molecular complexity index is 445. The lowest BCUT2D eigenvalue weighted by Crippen LogP contribution is -2.20. The van der Waals surface area contributed by atoms with Crippen LogP contribution in [0.2, 0.25) is 0 Å². The van der Waals surface area contributed by atoms with Crippen LogP contribution < -0.4 is 0 Å². The van der Waals surface area contributed by atoms with Gasteiger partial charge in [-0.25, -0.2) is 8.42 Å². The van der Waals surface area contributed by atoms with Crippen molar-refractivity contribution in [3.63, 3.8) is 0 Å². The lowest BCUT2D eigenvalue weighted by molar-refractivity contribution is 0.586. The molecule has 3 nitrogen and oxygen atoms in total. The van der Waals surface area contributed by atoms with Gasteiger partial charge >= 0.3 is 0 Å². The van der Waals surface area contributed by atoms with Crippen LogP contribution in [0.5, 0.6) is 0 Å². The van der Waals surface area contributed by atoms with Crippen molar-refractivity contribution in [2.75, 3.05) is 0 Å². The maximum Gasteiger partial charge on any atom is 0.170 e. The van der Waals surface area contributed by atoms with Gasteiger partial charge in [-0.05, 0) is 12.0 Å². The van der Waals surface area contributed by atoms with E-state index in [1.807, 2.05) is 12.1 Å². The molecule has 1 aromatic rings. The van der Waals surface area contributed by atoms with E-state index >= 15 is 0 Å². The summed E-state index contributed by atoms with van der Waals surface area (Å²) in [7, 11) is -3.34. The first-order valence-corrected chi connectivity index (χ1v) is 6.47. The van der Waals surface area contributed by atoms with Gasteiger partial charge in [-0.15, -0.1) is 0 Å². The van der Waals surface area contributed by atoms with Gasteiger partial charge in [0.1, 0.15) is 5.25 Å². The Kier molecular flexibility index (Phi) is 3.87. The Morgan fingerprint density at radius 3 is 2.40 bits per heavy atom. The zero-order valence-corrected chi connectivity index (χ0v) is 9.37. The quantitative estimate of drug-likeness (QED) is 0.783. The highest BCUT2D eigenvalue weighted by Gasteiger charge is 2.23. The topological polar surface area (TPSA) is 57.9 Å². The summed E-state index contributed by atoms with van der Waals surface area (Å²) in [6.07, 6.45) is 0.339. The Morgan fingerprint density at radius 1 is 1.33 bits per heavy atom. The summed E-state index contributed by atoms with van der Waals surface area (Å²) in [6, 6.07) is 10.7. The monoisotopic (exact) mass is 223 g/mol. The van der Waals surface area contributed by atoms with Crippen molar-refractivity contribution in [2.45, 2.75) is 24.3 Å². The molecule has 1 rings (SSSR count). The van der Waals surface area contributed by atoms with Crippen LogP contribution in [-0.4, -0.2) is 13.7 Å². The van der Waals surface area contributed by atoms with Crippen LogP contribution in [0.25, 0.3) is 0 Å². The van der Waals surface area contributed by atoms with Crippen LogP contribution >= 0.6 is 0 Å². The molecule has 0 aliphatic carbocycles. The molecule has 0 heterocycles. The Morgan fingerprint density at radius 2 is 1.93 bits per heavy atom. The van der Waals surface area contributed by atoms with Crippen LogP contribution in [-0.2, 0) is 15.6 Å². The predicted molar refractivity (Wildman–Crippen MR) is 58.8 cm³/mol. The molecular formula is C11H13NO2S. The number of sulfone groups is 1. The van der Waals surface area contributed by atoms with Crippen molar-refractivity contribution in [3.05, 3.63) is 35.9 Å². The molecule has 0 aliphatic heterocycles. The molecule has 0 saturated heterocycles. The fourth-order valence-electron chi connectivity index (χ4n) is 1.33. The molecule has 15 heavy (non-hydrogen) atoms. The Balaban J connectivity index is 2.87. The van der Waals surface area contributed by atoms with Crippen LogP contribution in [0.4, 0.5) is 0 Å². The van der Waals surface area contributed by atoms with E-state index in [-0.39, 0.29) is 5.75 Å². The van der Waals surface area contributed by atoms with Crippen LogP contribution in [0.1, 0.15) is 18.9 Å². The predicted octanol–water partition coefficient (Wildman–Crippen LogP) is 1.90. The number of hydrogen-bond acceptors (Lipinski definition) is 3. The zero-order valence-electron chi connectivity index (χ0n) is 8.55. The molecule has 80 valence electrons. The maximum absolute atomic E-state index is 11.7. The van der Waals surface area contributed by atoms with Gasteiger partial charge in [-0.1, -0.05) is 37.3 Å². The van der Waals surface area contributed by atoms with Gasteiger partial charge in [0.2, 0.25) is 0 Å². The van der Waals surface area contributed by atoms with Crippen LogP contribution in [0.15, 0.2) is 30.3 Å². The third kappa shape index (κ3) is 3.07. The zero-order chi connectivity index (χ0) is 11.3. The Labute approximate surface area is 90.3 Å². The first-order chi connectivity index (χ1) is 7.10. The SMILES string of the molecule is CCC(C#N)S(=O)(=O)Cc1ccccc1. The number of hydrogen-bond donors (Lipinski definition) is 0. The smallest absolute Gasteiger partial charge is 0.170 e. The van der Waals surface area contributed by atoms with Gasteiger partial charge in [0.05, 0.1) is 11.8 Å². The minimum Gasteiger partial charge on any atom is -0.227 e. The minimum absolute atomic E-state index is 0.0556. The molecule has 0 saturated carbocycles. The second kappa shape index (κ2) is 4.94. The van der Waals surface area contributed by atoms with Gasteiger partial charge in [-0.3, -0.25) is 0 Å². The molecule has 0 spiro atoms. The highest BCUT2D eigenvalue weighted by atomic mass is 32.2. The van der Waals surface area contributed by atoms with Crippen molar-refractivity contribution in [2.24, 2.45) is 0 Å². The maximum atomic E-state index is 11.7. The fourth-order valence-corrected chi connectivity index (χ4v) is 2.86. The third-order valence-electron chi connectivity index (χ3n) is 2.16. The second-order valence-corrected chi connectivity index (χ2v) is 5.50. The largest absolute Gasteiger partial charge is 0.227 e. The molecule has 0 N–H and O–H groups in total. The summed E-state index contributed by atoms with van der Waals surface area (Å²) >= 11 is 0. The van der Waals surface area contributed by atoms with E-state index in [0.29, 0.717) is 6.42 Å². The highest BCUT2D eigenvalue weighted by molar-refractivity contribution is 7.91.